The van der Waals surface area contributed by atoms with Crippen LogP contribution in [-0.4, -0.2) is 28.7 Å². The molecule has 3 rings (SSSR count). The predicted octanol–water partition coefficient (Wildman–Crippen LogP) is 3.82. The summed E-state index contributed by atoms with van der Waals surface area (Å²) >= 11 is 1.27. The molecule has 0 bridgehead atoms. The number of nitrogens with zero attached hydrogens (tertiary/aromatic N) is 1. The van der Waals surface area contributed by atoms with Crippen LogP contribution >= 0.6 is 11.3 Å². The second-order valence-corrected chi connectivity index (χ2v) is 8.26. The molecule has 3 N–H and O–H groups in total. The van der Waals surface area contributed by atoms with Gasteiger partial charge in [-0.05, 0) is 30.2 Å². The zero-order chi connectivity index (χ0) is 23.1. The molecular formula is C23H26N4O4S. The maximum atomic E-state index is 13.0. The van der Waals surface area contributed by atoms with Crippen LogP contribution in [0.15, 0.2) is 52.3 Å². The Balaban J connectivity index is 1.67. The molecule has 32 heavy (non-hydrogen) atoms. The highest BCUT2D eigenvalue weighted by atomic mass is 32.1. The molecule has 9 heteroatoms. The van der Waals surface area contributed by atoms with E-state index >= 15 is 0 Å². The molecule has 0 aliphatic rings. The van der Waals surface area contributed by atoms with Crippen LogP contribution in [0.25, 0.3) is 11.5 Å². The maximum absolute atomic E-state index is 13.0. The van der Waals surface area contributed by atoms with Gasteiger partial charge in [0.1, 0.15) is 17.5 Å². The molecule has 168 valence electrons. The summed E-state index contributed by atoms with van der Waals surface area (Å²) in [6, 6.07) is 11.6. The van der Waals surface area contributed by atoms with Crippen LogP contribution in [0.4, 0.5) is 5.13 Å². The fourth-order valence-electron chi connectivity index (χ4n) is 2.97. The molecular weight excluding hydrogens is 428 g/mol. The molecule has 0 saturated carbocycles. The molecule has 0 spiro atoms. The molecule has 8 nitrogen and oxygen atoms in total. The van der Waals surface area contributed by atoms with Gasteiger partial charge in [0.15, 0.2) is 10.9 Å². The molecule has 2 heterocycles. The first kappa shape index (κ1) is 23.2. The SMILES string of the molecule is CC[C@H](C)[C@H](NC(=O)c1ccccc1)C(=O)Nc1nc(-c2ccc(CNC(C)=O)o2)cs1. The Morgan fingerprint density at radius 1 is 1.12 bits per heavy atom. The molecule has 0 aliphatic heterocycles. The van der Waals surface area contributed by atoms with E-state index in [9.17, 15) is 14.4 Å². The second-order valence-electron chi connectivity index (χ2n) is 7.41. The van der Waals surface area contributed by atoms with E-state index in [1.54, 1.807) is 41.8 Å². The lowest BCUT2D eigenvalue weighted by molar-refractivity contribution is -0.119. The van der Waals surface area contributed by atoms with Crippen molar-refractivity contribution in [3.05, 3.63) is 59.2 Å². The summed E-state index contributed by atoms with van der Waals surface area (Å²) in [4.78, 5) is 41.0. The number of nitrogens with one attached hydrogen (secondary N) is 3. The van der Waals surface area contributed by atoms with Crippen LogP contribution in [-0.2, 0) is 16.1 Å². The van der Waals surface area contributed by atoms with Gasteiger partial charge >= 0.3 is 0 Å². The Bertz CT molecular complexity index is 1080. The summed E-state index contributed by atoms with van der Waals surface area (Å²) in [5.41, 5.74) is 1.07. The van der Waals surface area contributed by atoms with Crippen molar-refractivity contribution in [1.82, 2.24) is 15.6 Å². The van der Waals surface area contributed by atoms with E-state index in [0.29, 0.717) is 34.5 Å². The van der Waals surface area contributed by atoms with E-state index in [4.69, 9.17) is 4.42 Å². The molecule has 3 aromatic rings. The summed E-state index contributed by atoms with van der Waals surface area (Å²) in [6.45, 7) is 5.62. The highest BCUT2D eigenvalue weighted by Crippen LogP contribution is 2.27. The lowest BCUT2D eigenvalue weighted by Crippen LogP contribution is -2.47. The molecule has 0 saturated heterocycles. The highest BCUT2D eigenvalue weighted by molar-refractivity contribution is 7.14. The normalized spacial score (nSPS) is 12.6. The Kier molecular flexibility index (Phi) is 7.77. The molecule has 0 aliphatic carbocycles. The standard InChI is InChI=1S/C23H26N4O4S/c1-4-14(2)20(26-21(29)16-8-6-5-7-9-16)22(30)27-23-25-18(13-32-23)19-11-10-17(31-19)12-24-15(3)28/h5-11,13-14,20H,4,12H2,1-3H3,(H,24,28)(H,26,29)(H,25,27,30)/t14-,20-/m0/s1. The number of hydrogen-bond acceptors (Lipinski definition) is 6. The van der Waals surface area contributed by atoms with Crippen molar-refractivity contribution in [3.8, 4) is 11.5 Å². The number of aromatic nitrogens is 1. The molecule has 0 fully saturated rings. The topological polar surface area (TPSA) is 113 Å². The number of benzene rings is 1. The molecule has 0 radical (unpaired) electrons. The Morgan fingerprint density at radius 2 is 1.88 bits per heavy atom. The van der Waals surface area contributed by atoms with Crippen LogP contribution in [0, 0.1) is 5.92 Å². The van der Waals surface area contributed by atoms with Crippen molar-refractivity contribution in [3.63, 3.8) is 0 Å². The van der Waals surface area contributed by atoms with E-state index in [-0.39, 0.29) is 23.6 Å². The van der Waals surface area contributed by atoms with Gasteiger partial charge in [-0.15, -0.1) is 11.3 Å². The van der Waals surface area contributed by atoms with E-state index < -0.39 is 6.04 Å². The summed E-state index contributed by atoms with van der Waals surface area (Å²) in [5.74, 6) is 0.316. The predicted molar refractivity (Wildman–Crippen MR) is 123 cm³/mol. The van der Waals surface area contributed by atoms with E-state index in [2.05, 4.69) is 20.9 Å². The summed E-state index contributed by atoms with van der Waals surface area (Å²) in [6.07, 6.45) is 0.722. The number of amides is 3. The average molecular weight is 455 g/mol. The molecule has 0 unspecified atom stereocenters. The number of carbonyl (C=O) groups excluding carboxylic acids is 3. The molecule has 3 amide bonds. The highest BCUT2D eigenvalue weighted by Gasteiger charge is 2.27. The van der Waals surface area contributed by atoms with Gasteiger partial charge in [-0.2, -0.15) is 0 Å². The van der Waals surface area contributed by atoms with Gasteiger partial charge in [0.05, 0.1) is 6.54 Å². The van der Waals surface area contributed by atoms with Gasteiger partial charge in [0.2, 0.25) is 11.8 Å². The second kappa shape index (κ2) is 10.7. The van der Waals surface area contributed by atoms with E-state index in [1.807, 2.05) is 19.9 Å². The number of hydrogen-bond donors (Lipinski definition) is 3. The van der Waals surface area contributed by atoms with Gasteiger partial charge in [-0.25, -0.2) is 4.98 Å². The van der Waals surface area contributed by atoms with Gasteiger partial charge in [0, 0.05) is 17.9 Å². The molecule has 1 aromatic carbocycles. The van der Waals surface area contributed by atoms with Crippen LogP contribution in [0.3, 0.4) is 0 Å². The third-order valence-corrected chi connectivity index (χ3v) is 5.74. The van der Waals surface area contributed by atoms with Crippen LogP contribution < -0.4 is 16.0 Å². The van der Waals surface area contributed by atoms with Gasteiger partial charge < -0.3 is 20.4 Å². The van der Waals surface area contributed by atoms with Crippen molar-refractivity contribution >= 4 is 34.2 Å². The Morgan fingerprint density at radius 3 is 2.56 bits per heavy atom. The van der Waals surface area contributed by atoms with Gasteiger partial charge in [-0.1, -0.05) is 38.5 Å². The zero-order valence-electron chi connectivity index (χ0n) is 18.2. The van der Waals surface area contributed by atoms with E-state index in [1.165, 1.54) is 18.3 Å². The van der Waals surface area contributed by atoms with Crippen molar-refractivity contribution in [2.24, 2.45) is 5.92 Å². The summed E-state index contributed by atoms with van der Waals surface area (Å²) in [7, 11) is 0. The van der Waals surface area contributed by atoms with Gasteiger partial charge in [0.25, 0.3) is 5.91 Å². The quantitative estimate of drug-likeness (QED) is 0.455. The Labute approximate surface area is 190 Å². The number of rotatable bonds is 9. The number of thiazole rings is 1. The summed E-state index contributed by atoms with van der Waals surface area (Å²) in [5, 5.41) is 10.5. The smallest absolute Gasteiger partial charge is 0.251 e. The Hall–Kier alpha value is -3.46. The minimum atomic E-state index is -0.701. The fourth-order valence-corrected chi connectivity index (χ4v) is 3.67. The minimum Gasteiger partial charge on any atom is -0.458 e. The zero-order valence-corrected chi connectivity index (χ0v) is 19.0. The van der Waals surface area contributed by atoms with Crippen LogP contribution in [0.1, 0.15) is 43.3 Å². The number of carbonyl (C=O) groups is 3. The molecule has 2 atom stereocenters. The average Bonchev–Trinajstić information content (AvgIpc) is 3.45. The molecule has 2 aromatic heterocycles. The largest absolute Gasteiger partial charge is 0.458 e. The number of anilines is 1. The van der Waals surface area contributed by atoms with Crippen molar-refractivity contribution in [2.45, 2.75) is 39.8 Å². The monoisotopic (exact) mass is 454 g/mol. The lowest BCUT2D eigenvalue weighted by atomic mass is 9.98. The first-order chi connectivity index (χ1) is 15.4. The minimum absolute atomic E-state index is 0.0662. The summed E-state index contributed by atoms with van der Waals surface area (Å²) < 4.78 is 5.70. The third kappa shape index (κ3) is 6.04. The number of furan rings is 1. The first-order valence-electron chi connectivity index (χ1n) is 10.3. The van der Waals surface area contributed by atoms with Crippen molar-refractivity contribution in [2.75, 3.05) is 5.32 Å². The lowest BCUT2D eigenvalue weighted by Gasteiger charge is -2.23. The van der Waals surface area contributed by atoms with Gasteiger partial charge in [-0.3, -0.25) is 14.4 Å². The van der Waals surface area contributed by atoms with Crippen LogP contribution in [0.2, 0.25) is 0 Å². The first-order valence-corrected chi connectivity index (χ1v) is 11.2. The third-order valence-electron chi connectivity index (χ3n) is 4.98. The van der Waals surface area contributed by atoms with Crippen LogP contribution in [0.5, 0.6) is 0 Å². The van der Waals surface area contributed by atoms with Crippen molar-refractivity contribution in [1.29, 1.82) is 0 Å². The van der Waals surface area contributed by atoms with Crippen molar-refractivity contribution < 1.29 is 18.8 Å². The fraction of sp³-hybridized carbons (Fsp3) is 0.304. The maximum Gasteiger partial charge on any atom is 0.251 e. The van der Waals surface area contributed by atoms with E-state index in [0.717, 1.165) is 6.42 Å².